The van der Waals surface area contributed by atoms with Crippen LogP contribution in [0.2, 0.25) is 0 Å². The van der Waals surface area contributed by atoms with Crippen molar-refractivity contribution in [2.75, 3.05) is 0 Å². The quantitative estimate of drug-likeness (QED) is 0.573. The number of allylic oxidation sites excluding steroid dienone is 1. The highest BCUT2D eigenvalue weighted by Gasteiger charge is 2.12. The van der Waals surface area contributed by atoms with E-state index in [1.165, 1.54) is 56.9 Å². The second kappa shape index (κ2) is 6.93. The summed E-state index contributed by atoms with van der Waals surface area (Å²) in [6.45, 7) is 6.89. The Labute approximate surface area is 118 Å². The lowest BCUT2D eigenvalue weighted by Gasteiger charge is -2.13. The number of hydrogen-bond donors (Lipinski definition) is 0. The van der Waals surface area contributed by atoms with E-state index in [0.717, 1.165) is 0 Å². The molecule has 0 bridgehead atoms. The molecule has 0 atom stereocenters. The van der Waals surface area contributed by atoms with E-state index in [0.29, 0.717) is 0 Å². The van der Waals surface area contributed by atoms with Gasteiger partial charge in [-0.3, -0.25) is 0 Å². The van der Waals surface area contributed by atoms with Gasteiger partial charge in [-0.1, -0.05) is 50.5 Å². The Morgan fingerprint density at radius 2 is 1.47 bits per heavy atom. The van der Waals surface area contributed by atoms with Gasteiger partial charge in [-0.2, -0.15) is 0 Å². The molecule has 0 N–H and O–H groups in total. The van der Waals surface area contributed by atoms with E-state index in [2.05, 4.69) is 39.0 Å². The van der Waals surface area contributed by atoms with Crippen LogP contribution in [0.15, 0.2) is 17.7 Å². The Bertz CT molecular complexity index is 416. The molecule has 0 aromatic heterocycles. The van der Waals surface area contributed by atoms with Crippen molar-refractivity contribution in [3.05, 3.63) is 40.0 Å². The van der Waals surface area contributed by atoms with Crippen LogP contribution in [0.1, 0.15) is 74.6 Å². The van der Waals surface area contributed by atoms with Gasteiger partial charge in [-0.25, -0.2) is 0 Å². The minimum Gasteiger partial charge on any atom is -0.0690 e. The molecule has 0 nitrogen and oxygen atoms in total. The molecule has 1 aromatic rings. The van der Waals surface area contributed by atoms with E-state index in [-0.39, 0.29) is 0 Å². The smallest absolute Gasteiger partial charge is 0.0251 e. The monoisotopic (exact) mass is 256 g/mol. The summed E-state index contributed by atoms with van der Waals surface area (Å²) in [5.41, 5.74) is 7.81. The van der Waals surface area contributed by atoms with Gasteiger partial charge in [0.2, 0.25) is 0 Å². The fourth-order valence-corrected chi connectivity index (χ4v) is 2.66. The van der Waals surface area contributed by atoms with Crippen LogP contribution in [0.25, 0.3) is 6.08 Å². The first kappa shape index (κ1) is 14.4. The topological polar surface area (TPSA) is 0 Å². The molecule has 0 heterocycles. The maximum absolute atomic E-state index is 2.44. The summed E-state index contributed by atoms with van der Waals surface area (Å²) in [7, 11) is 0. The van der Waals surface area contributed by atoms with Gasteiger partial charge in [0.15, 0.2) is 0 Å². The van der Waals surface area contributed by atoms with Crippen molar-refractivity contribution in [1.29, 1.82) is 0 Å². The molecule has 0 spiro atoms. The molecule has 0 saturated heterocycles. The van der Waals surface area contributed by atoms with E-state index in [1.807, 2.05) is 0 Å². The molecule has 0 radical (unpaired) electrons. The van der Waals surface area contributed by atoms with Crippen molar-refractivity contribution in [2.24, 2.45) is 0 Å². The first-order chi connectivity index (χ1) is 9.24. The Kier molecular flexibility index (Phi) is 5.24. The minimum absolute atomic E-state index is 1.25. The minimum atomic E-state index is 1.25. The van der Waals surface area contributed by atoms with Gasteiger partial charge in [-0.15, -0.1) is 0 Å². The van der Waals surface area contributed by atoms with E-state index >= 15 is 0 Å². The highest BCUT2D eigenvalue weighted by Crippen LogP contribution is 2.31. The van der Waals surface area contributed by atoms with Gasteiger partial charge in [0.25, 0.3) is 0 Å². The maximum atomic E-state index is 2.44. The summed E-state index contributed by atoms with van der Waals surface area (Å²) in [4.78, 5) is 0. The molecule has 0 unspecified atom stereocenters. The number of aryl methyl sites for hydroxylation is 2. The molecule has 0 aliphatic heterocycles. The maximum Gasteiger partial charge on any atom is -0.0251 e. The third kappa shape index (κ3) is 4.23. The first-order valence-electron chi connectivity index (χ1n) is 8.06. The van der Waals surface area contributed by atoms with Crippen LogP contribution < -0.4 is 0 Å². The van der Waals surface area contributed by atoms with Crippen LogP contribution in [0.4, 0.5) is 0 Å². The van der Waals surface area contributed by atoms with E-state index in [4.69, 9.17) is 0 Å². The summed E-state index contributed by atoms with van der Waals surface area (Å²) >= 11 is 0. The van der Waals surface area contributed by atoms with E-state index in [9.17, 15) is 0 Å². The third-order valence-electron chi connectivity index (χ3n) is 4.15. The summed E-state index contributed by atoms with van der Waals surface area (Å²) in [5.74, 6) is 0. The number of hydrogen-bond acceptors (Lipinski definition) is 0. The van der Waals surface area contributed by atoms with Crippen molar-refractivity contribution in [3.63, 3.8) is 0 Å². The van der Waals surface area contributed by atoms with Crippen molar-refractivity contribution >= 4 is 6.08 Å². The lowest BCUT2D eigenvalue weighted by Crippen LogP contribution is -1.98. The largest absolute Gasteiger partial charge is 0.0690 e. The van der Waals surface area contributed by atoms with Crippen LogP contribution in [-0.4, -0.2) is 0 Å². The number of unbranched alkanes of at least 4 members (excludes halogenated alkanes) is 2. The molecule has 1 aliphatic carbocycles. The van der Waals surface area contributed by atoms with E-state index < -0.39 is 0 Å². The zero-order valence-corrected chi connectivity index (χ0v) is 12.9. The van der Waals surface area contributed by atoms with Crippen molar-refractivity contribution in [2.45, 2.75) is 72.1 Å². The summed E-state index contributed by atoms with van der Waals surface area (Å²) in [5, 5.41) is 0. The Hall–Kier alpha value is -1.04. The molecule has 0 amide bonds. The summed E-state index contributed by atoms with van der Waals surface area (Å²) in [6.07, 6.45) is 12.8. The van der Waals surface area contributed by atoms with Crippen molar-refractivity contribution < 1.29 is 0 Å². The van der Waals surface area contributed by atoms with Crippen LogP contribution in [0, 0.1) is 6.92 Å². The lowest BCUT2D eigenvalue weighted by atomic mass is 9.92. The molecule has 0 heteroatoms. The third-order valence-corrected chi connectivity index (χ3v) is 4.15. The number of rotatable bonds is 7. The fraction of sp³-hybridized carbons (Fsp3) is 0.579. The van der Waals surface area contributed by atoms with Crippen molar-refractivity contribution in [3.8, 4) is 0 Å². The zero-order valence-electron chi connectivity index (χ0n) is 12.9. The Morgan fingerprint density at radius 3 is 1.89 bits per heavy atom. The summed E-state index contributed by atoms with van der Waals surface area (Å²) in [6, 6.07) is 4.87. The van der Waals surface area contributed by atoms with Gasteiger partial charge in [0, 0.05) is 0 Å². The average molecular weight is 256 g/mol. The molecule has 1 fully saturated rings. The summed E-state index contributed by atoms with van der Waals surface area (Å²) < 4.78 is 0. The molecule has 1 saturated carbocycles. The van der Waals surface area contributed by atoms with Gasteiger partial charge in [-0.05, 0) is 67.7 Å². The van der Waals surface area contributed by atoms with Gasteiger partial charge in [0.1, 0.15) is 0 Å². The highest BCUT2D eigenvalue weighted by molar-refractivity contribution is 5.59. The predicted octanol–water partition coefficient (Wildman–Crippen LogP) is 5.86. The Morgan fingerprint density at radius 1 is 0.947 bits per heavy atom. The molecular formula is C19H28. The van der Waals surface area contributed by atoms with Gasteiger partial charge in [0.05, 0.1) is 0 Å². The molecule has 1 aromatic carbocycles. The van der Waals surface area contributed by atoms with Gasteiger partial charge >= 0.3 is 0 Å². The molecule has 2 rings (SSSR count). The van der Waals surface area contributed by atoms with Crippen LogP contribution in [-0.2, 0) is 12.8 Å². The standard InChI is InChI=1S/C19H28/c1-4-6-8-18-13-17(12-16-10-11-16)14-19(15(18)3)9-7-5-2/h12-14H,4-11H2,1-3H3. The fourth-order valence-electron chi connectivity index (χ4n) is 2.66. The molecule has 104 valence electrons. The normalized spacial score (nSPS) is 13.7. The van der Waals surface area contributed by atoms with Gasteiger partial charge < -0.3 is 0 Å². The SMILES string of the molecule is CCCCc1cc(C=C2CC2)cc(CCCC)c1C. The highest BCUT2D eigenvalue weighted by atomic mass is 14.2. The van der Waals surface area contributed by atoms with Crippen LogP contribution in [0.5, 0.6) is 0 Å². The van der Waals surface area contributed by atoms with E-state index in [1.54, 1.807) is 22.3 Å². The second-order valence-electron chi connectivity index (χ2n) is 5.97. The Balaban J connectivity index is 2.26. The average Bonchev–Trinajstić information content (AvgIpc) is 3.21. The lowest BCUT2D eigenvalue weighted by molar-refractivity contribution is 0.773. The predicted molar refractivity (Wildman–Crippen MR) is 85.6 cm³/mol. The van der Waals surface area contributed by atoms with Crippen LogP contribution in [0.3, 0.4) is 0 Å². The first-order valence-corrected chi connectivity index (χ1v) is 8.06. The second-order valence-corrected chi connectivity index (χ2v) is 5.97. The molecular weight excluding hydrogens is 228 g/mol. The van der Waals surface area contributed by atoms with Crippen LogP contribution >= 0.6 is 0 Å². The van der Waals surface area contributed by atoms with Crippen molar-refractivity contribution in [1.82, 2.24) is 0 Å². The molecule has 19 heavy (non-hydrogen) atoms. The zero-order chi connectivity index (χ0) is 13.7. The molecule has 1 aliphatic rings. The number of benzene rings is 1.